The number of ketones is 1. The Balaban J connectivity index is 1.33. The fourth-order valence-electron chi connectivity index (χ4n) is 4.85. The highest BCUT2D eigenvalue weighted by atomic mass is 35.5. The molecule has 1 atom stereocenters. The number of carbonyl (C=O) groups excluding carboxylic acids is 3. The van der Waals surface area contributed by atoms with E-state index in [4.69, 9.17) is 11.6 Å². The van der Waals surface area contributed by atoms with Gasteiger partial charge in [-0.25, -0.2) is 9.37 Å². The molecule has 202 valence electrons. The van der Waals surface area contributed by atoms with Crippen molar-refractivity contribution >= 4 is 40.1 Å². The average molecular weight is 558 g/mol. The lowest BCUT2D eigenvalue weighted by Gasteiger charge is -2.24. The van der Waals surface area contributed by atoms with Crippen LogP contribution in [-0.2, 0) is 22.7 Å². The van der Waals surface area contributed by atoms with Crippen molar-refractivity contribution in [1.29, 1.82) is 0 Å². The number of hydrogen-bond donors (Lipinski definition) is 1. The Bertz CT molecular complexity index is 1680. The van der Waals surface area contributed by atoms with Crippen LogP contribution in [0.4, 0.5) is 4.39 Å². The molecule has 0 unspecified atom stereocenters. The van der Waals surface area contributed by atoms with Gasteiger partial charge in [-0.2, -0.15) is 0 Å². The highest BCUT2D eigenvalue weighted by molar-refractivity contribution is 6.30. The van der Waals surface area contributed by atoms with Crippen LogP contribution in [0.1, 0.15) is 46.9 Å². The SMILES string of the molecule is CC(=O)c1cn(CC(=O)N2CCC[C@H]2C(=O)NCc2cccc(Cl)c2F)c2ccc(C#Cc3cnccn3)cc12. The molecule has 1 saturated heterocycles. The molecule has 0 spiro atoms. The minimum atomic E-state index is -0.660. The predicted octanol–water partition coefficient (Wildman–Crippen LogP) is 4.13. The van der Waals surface area contributed by atoms with Crippen molar-refractivity contribution in [3.05, 3.63) is 94.4 Å². The van der Waals surface area contributed by atoms with Gasteiger partial charge < -0.3 is 14.8 Å². The van der Waals surface area contributed by atoms with Gasteiger partial charge in [-0.3, -0.25) is 19.4 Å². The second-order valence-electron chi connectivity index (χ2n) is 9.48. The van der Waals surface area contributed by atoms with E-state index >= 15 is 0 Å². The van der Waals surface area contributed by atoms with Crippen molar-refractivity contribution in [1.82, 2.24) is 24.8 Å². The lowest BCUT2D eigenvalue weighted by Crippen LogP contribution is -2.46. The summed E-state index contributed by atoms with van der Waals surface area (Å²) >= 11 is 5.84. The molecule has 3 heterocycles. The van der Waals surface area contributed by atoms with Gasteiger partial charge in [0, 0.05) is 59.3 Å². The smallest absolute Gasteiger partial charge is 0.243 e. The van der Waals surface area contributed by atoms with Crippen molar-refractivity contribution in [3.63, 3.8) is 0 Å². The van der Waals surface area contributed by atoms with Crippen LogP contribution in [0.3, 0.4) is 0 Å². The highest BCUT2D eigenvalue weighted by Crippen LogP contribution is 2.25. The lowest BCUT2D eigenvalue weighted by molar-refractivity contribution is -0.138. The zero-order valence-corrected chi connectivity index (χ0v) is 22.4. The zero-order chi connectivity index (χ0) is 28.2. The molecular formula is C30H25ClFN5O3. The number of likely N-dealkylation sites (tertiary alicyclic amines) is 1. The van der Waals surface area contributed by atoms with Crippen molar-refractivity contribution in [2.24, 2.45) is 0 Å². The number of fused-ring (bicyclic) bond motifs is 1. The molecule has 1 aliphatic rings. The summed E-state index contributed by atoms with van der Waals surface area (Å²) in [5.41, 5.74) is 2.68. The first-order valence-corrected chi connectivity index (χ1v) is 13.1. The van der Waals surface area contributed by atoms with Crippen LogP contribution in [0.2, 0.25) is 5.02 Å². The van der Waals surface area contributed by atoms with E-state index in [1.54, 1.807) is 46.4 Å². The summed E-state index contributed by atoms with van der Waals surface area (Å²) in [6.07, 6.45) is 7.54. The maximum absolute atomic E-state index is 14.2. The molecule has 0 aliphatic carbocycles. The fourth-order valence-corrected chi connectivity index (χ4v) is 5.04. The summed E-state index contributed by atoms with van der Waals surface area (Å²) in [7, 11) is 0. The third-order valence-corrected chi connectivity index (χ3v) is 7.12. The summed E-state index contributed by atoms with van der Waals surface area (Å²) in [5.74, 6) is 4.68. The molecule has 2 amide bonds. The minimum Gasteiger partial charge on any atom is -0.350 e. The van der Waals surface area contributed by atoms with Crippen molar-refractivity contribution < 1.29 is 18.8 Å². The van der Waals surface area contributed by atoms with Crippen molar-refractivity contribution in [2.45, 2.75) is 38.9 Å². The fraction of sp³-hybridized carbons (Fsp3) is 0.233. The van der Waals surface area contributed by atoms with Gasteiger partial charge in [0.25, 0.3) is 0 Å². The quantitative estimate of drug-likeness (QED) is 0.284. The molecule has 1 fully saturated rings. The first-order chi connectivity index (χ1) is 19.3. The van der Waals surface area contributed by atoms with Crippen LogP contribution in [0.25, 0.3) is 10.9 Å². The molecule has 2 aromatic heterocycles. The van der Waals surface area contributed by atoms with Gasteiger partial charge in [0.15, 0.2) is 5.78 Å². The monoisotopic (exact) mass is 557 g/mol. The summed E-state index contributed by atoms with van der Waals surface area (Å²) < 4.78 is 15.9. The number of halogens is 2. The number of amides is 2. The Hall–Kier alpha value is -4.55. The molecule has 10 heteroatoms. The predicted molar refractivity (Wildman–Crippen MR) is 148 cm³/mol. The van der Waals surface area contributed by atoms with Crippen LogP contribution < -0.4 is 5.32 Å². The summed E-state index contributed by atoms with van der Waals surface area (Å²) in [6, 6.07) is 9.40. The second-order valence-corrected chi connectivity index (χ2v) is 9.88. The Kier molecular flexibility index (Phi) is 7.89. The Morgan fingerprint density at radius 3 is 2.80 bits per heavy atom. The van der Waals surface area contributed by atoms with Gasteiger partial charge in [-0.1, -0.05) is 29.7 Å². The highest BCUT2D eigenvalue weighted by Gasteiger charge is 2.34. The first kappa shape index (κ1) is 27.0. The van der Waals surface area contributed by atoms with Crippen LogP contribution in [0.5, 0.6) is 0 Å². The standard InChI is InChI=1S/C30H25ClFN5O3/c1-19(38)24-17-36(26-10-8-20(14-23(24)26)7-9-22-16-33-11-12-34-22)18-28(39)37-13-3-6-27(37)30(40)35-15-21-4-2-5-25(31)29(21)32/h2,4-5,8,10-12,14,16-17,27H,3,6,13,15,18H2,1H3,(H,35,40)/t27-/m0/s1. The van der Waals surface area contributed by atoms with Crippen LogP contribution >= 0.6 is 11.6 Å². The number of nitrogens with one attached hydrogen (secondary N) is 1. The van der Waals surface area contributed by atoms with E-state index in [0.717, 1.165) is 0 Å². The maximum Gasteiger partial charge on any atom is 0.243 e. The lowest BCUT2D eigenvalue weighted by atomic mass is 10.1. The number of Topliss-reactive ketones (excluding diaryl/α,β-unsaturated/α-hetero) is 1. The summed E-state index contributed by atoms with van der Waals surface area (Å²) in [5, 5.41) is 3.40. The van der Waals surface area contributed by atoms with E-state index < -0.39 is 11.9 Å². The summed E-state index contributed by atoms with van der Waals surface area (Å²) in [6.45, 7) is 1.84. The molecule has 8 nitrogen and oxygen atoms in total. The minimum absolute atomic E-state index is 0.0158. The van der Waals surface area contributed by atoms with E-state index in [1.165, 1.54) is 13.0 Å². The molecule has 2 aromatic carbocycles. The number of aromatic nitrogens is 3. The third-order valence-electron chi connectivity index (χ3n) is 6.82. The molecular weight excluding hydrogens is 533 g/mol. The van der Waals surface area contributed by atoms with E-state index in [0.29, 0.717) is 47.1 Å². The van der Waals surface area contributed by atoms with Gasteiger partial charge >= 0.3 is 0 Å². The normalized spacial score (nSPS) is 14.6. The van der Waals surface area contributed by atoms with Crippen molar-refractivity contribution in [2.75, 3.05) is 6.54 Å². The van der Waals surface area contributed by atoms with Crippen LogP contribution in [0.15, 0.2) is 61.2 Å². The Morgan fingerprint density at radius 1 is 1.18 bits per heavy atom. The summed E-state index contributed by atoms with van der Waals surface area (Å²) in [4.78, 5) is 48.5. The maximum atomic E-state index is 14.2. The number of carbonyl (C=O) groups is 3. The first-order valence-electron chi connectivity index (χ1n) is 12.7. The topological polar surface area (TPSA) is 97.2 Å². The molecule has 0 bridgehead atoms. The average Bonchev–Trinajstić information content (AvgIpc) is 3.59. The molecule has 0 radical (unpaired) electrons. The Labute approximate surface area is 235 Å². The second kappa shape index (κ2) is 11.7. The number of benzene rings is 2. The van der Waals surface area contributed by atoms with Crippen LogP contribution in [0, 0.1) is 17.7 Å². The van der Waals surface area contributed by atoms with E-state index in [1.807, 2.05) is 18.2 Å². The van der Waals surface area contributed by atoms with Gasteiger partial charge in [-0.05, 0) is 50.0 Å². The number of nitrogens with zero attached hydrogens (tertiary/aromatic N) is 4. The molecule has 5 rings (SSSR count). The van der Waals surface area contributed by atoms with Gasteiger partial charge in [0.05, 0.1) is 11.2 Å². The molecule has 1 N–H and O–H groups in total. The van der Waals surface area contributed by atoms with Gasteiger partial charge in [0.2, 0.25) is 11.8 Å². The number of hydrogen-bond acceptors (Lipinski definition) is 5. The van der Waals surface area contributed by atoms with E-state index in [-0.39, 0.29) is 41.3 Å². The van der Waals surface area contributed by atoms with Gasteiger partial charge in [0.1, 0.15) is 24.1 Å². The van der Waals surface area contributed by atoms with Gasteiger partial charge in [-0.15, -0.1) is 0 Å². The Morgan fingerprint density at radius 2 is 2.02 bits per heavy atom. The molecule has 4 aromatic rings. The molecule has 40 heavy (non-hydrogen) atoms. The van der Waals surface area contributed by atoms with E-state index in [2.05, 4.69) is 27.1 Å². The largest absolute Gasteiger partial charge is 0.350 e. The number of rotatable bonds is 6. The molecule has 0 saturated carbocycles. The third kappa shape index (κ3) is 5.72. The zero-order valence-electron chi connectivity index (χ0n) is 21.7. The van der Waals surface area contributed by atoms with E-state index in [9.17, 15) is 18.8 Å². The molecule has 1 aliphatic heterocycles. The van der Waals surface area contributed by atoms with Crippen LogP contribution in [-0.4, -0.2) is 49.6 Å². The van der Waals surface area contributed by atoms with Crippen molar-refractivity contribution in [3.8, 4) is 11.8 Å².